The summed E-state index contributed by atoms with van der Waals surface area (Å²) in [7, 11) is 6.34. The normalized spacial score (nSPS) is 10.3. The third-order valence-corrected chi connectivity index (χ3v) is 3.82. The predicted molar refractivity (Wildman–Crippen MR) is 88.3 cm³/mol. The van der Waals surface area contributed by atoms with Crippen molar-refractivity contribution in [2.75, 3.05) is 28.4 Å². The first kappa shape index (κ1) is 16.8. The molecule has 0 saturated heterocycles. The van der Waals surface area contributed by atoms with Gasteiger partial charge in [-0.15, -0.1) is 0 Å². The molecular formula is C18H22O5. The number of phenols is 1. The van der Waals surface area contributed by atoms with Gasteiger partial charge in [-0.05, 0) is 24.6 Å². The average molecular weight is 318 g/mol. The molecule has 124 valence electrons. The second kappa shape index (κ2) is 7.13. The zero-order chi connectivity index (χ0) is 17.0. The first-order chi connectivity index (χ1) is 11.1. The predicted octanol–water partition coefficient (Wildman–Crippen LogP) is 3.33. The average Bonchev–Trinajstić information content (AvgIpc) is 2.57. The number of aromatic hydroxyl groups is 1. The Labute approximate surface area is 136 Å². The Bertz CT molecular complexity index is 677. The van der Waals surface area contributed by atoms with E-state index >= 15 is 0 Å². The van der Waals surface area contributed by atoms with Crippen molar-refractivity contribution in [1.82, 2.24) is 0 Å². The molecule has 0 unspecified atom stereocenters. The molecule has 0 radical (unpaired) electrons. The molecule has 0 spiro atoms. The van der Waals surface area contributed by atoms with E-state index in [2.05, 4.69) is 0 Å². The van der Waals surface area contributed by atoms with Crippen molar-refractivity contribution in [3.8, 4) is 28.7 Å². The first-order valence-electron chi connectivity index (χ1n) is 7.20. The van der Waals surface area contributed by atoms with Gasteiger partial charge in [0.2, 0.25) is 11.5 Å². The van der Waals surface area contributed by atoms with Gasteiger partial charge in [-0.25, -0.2) is 0 Å². The van der Waals surface area contributed by atoms with E-state index in [9.17, 15) is 5.11 Å². The van der Waals surface area contributed by atoms with Crippen LogP contribution in [-0.2, 0) is 6.42 Å². The molecule has 23 heavy (non-hydrogen) atoms. The van der Waals surface area contributed by atoms with E-state index in [1.54, 1.807) is 40.6 Å². The summed E-state index contributed by atoms with van der Waals surface area (Å²) >= 11 is 0. The van der Waals surface area contributed by atoms with E-state index in [-0.39, 0.29) is 5.75 Å². The van der Waals surface area contributed by atoms with Crippen molar-refractivity contribution in [2.45, 2.75) is 13.3 Å². The fourth-order valence-electron chi connectivity index (χ4n) is 2.68. The van der Waals surface area contributed by atoms with Crippen LogP contribution in [0.5, 0.6) is 28.7 Å². The quantitative estimate of drug-likeness (QED) is 0.885. The molecule has 1 N–H and O–H groups in total. The summed E-state index contributed by atoms with van der Waals surface area (Å²) in [5.74, 6) is 2.50. The number of benzene rings is 2. The molecule has 0 aromatic heterocycles. The molecule has 0 saturated carbocycles. The Balaban J connectivity index is 2.63. The summed E-state index contributed by atoms with van der Waals surface area (Å²) in [6.45, 7) is 1.96. The van der Waals surface area contributed by atoms with Gasteiger partial charge in [0.15, 0.2) is 11.5 Å². The summed E-state index contributed by atoms with van der Waals surface area (Å²) in [5.41, 5.74) is 2.92. The summed E-state index contributed by atoms with van der Waals surface area (Å²) in [5, 5.41) is 9.43. The van der Waals surface area contributed by atoms with Crippen LogP contribution in [0.15, 0.2) is 24.3 Å². The number of rotatable bonds is 6. The van der Waals surface area contributed by atoms with Gasteiger partial charge in [0.05, 0.1) is 28.4 Å². The Morgan fingerprint density at radius 3 is 1.70 bits per heavy atom. The first-order valence-corrected chi connectivity index (χ1v) is 7.20. The SMILES string of the molecule is COc1c(C)c(Cc2ccc(O)cc2)c(OC)c(OC)c1OC. The monoisotopic (exact) mass is 318 g/mol. The Hall–Kier alpha value is -2.56. The lowest BCUT2D eigenvalue weighted by molar-refractivity contribution is 0.302. The van der Waals surface area contributed by atoms with Crippen molar-refractivity contribution >= 4 is 0 Å². The molecule has 0 amide bonds. The zero-order valence-corrected chi connectivity index (χ0v) is 14.1. The lowest BCUT2D eigenvalue weighted by Crippen LogP contribution is -2.05. The highest BCUT2D eigenvalue weighted by molar-refractivity contribution is 5.67. The van der Waals surface area contributed by atoms with Crippen LogP contribution >= 0.6 is 0 Å². The van der Waals surface area contributed by atoms with Crippen LogP contribution in [-0.4, -0.2) is 33.5 Å². The summed E-state index contributed by atoms with van der Waals surface area (Å²) in [6, 6.07) is 7.07. The summed E-state index contributed by atoms with van der Waals surface area (Å²) in [4.78, 5) is 0. The number of phenolic OH excluding ortho intramolecular Hbond substituents is 1. The highest BCUT2D eigenvalue weighted by Gasteiger charge is 2.25. The molecular weight excluding hydrogens is 296 g/mol. The number of hydrogen-bond donors (Lipinski definition) is 1. The van der Waals surface area contributed by atoms with E-state index in [4.69, 9.17) is 18.9 Å². The van der Waals surface area contributed by atoms with Gasteiger partial charge in [-0.1, -0.05) is 12.1 Å². The smallest absolute Gasteiger partial charge is 0.207 e. The topological polar surface area (TPSA) is 57.2 Å². The molecule has 0 heterocycles. The third kappa shape index (κ3) is 3.13. The van der Waals surface area contributed by atoms with Crippen LogP contribution in [0, 0.1) is 6.92 Å². The van der Waals surface area contributed by atoms with Crippen LogP contribution < -0.4 is 18.9 Å². The van der Waals surface area contributed by atoms with Crippen molar-refractivity contribution < 1.29 is 24.1 Å². The maximum absolute atomic E-state index is 9.43. The van der Waals surface area contributed by atoms with Crippen LogP contribution in [0.1, 0.15) is 16.7 Å². The molecule has 0 aliphatic rings. The van der Waals surface area contributed by atoms with Gasteiger partial charge in [-0.3, -0.25) is 0 Å². The molecule has 0 aliphatic carbocycles. The molecule has 0 atom stereocenters. The van der Waals surface area contributed by atoms with Crippen molar-refractivity contribution in [1.29, 1.82) is 0 Å². The van der Waals surface area contributed by atoms with E-state index in [1.807, 2.05) is 19.1 Å². The zero-order valence-electron chi connectivity index (χ0n) is 14.1. The summed E-state index contributed by atoms with van der Waals surface area (Å²) < 4.78 is 22.0. The maximum atomic E-state index is 9.43. The van der Waals surface area contributed by atoms with Gasteiger partial charge in [0.25, 0.3) is 0 Å². The minimum absolute atomic E-state index is 0.238. The maximum Gasteiger partial charge on any atom is 0.207 e. The van der Waals surface area contributed by atoms with E-state index in [0.29, 0.717) is 29.4 Å². The highest BCUT2D eigenvalue weighted by Crippen LogP contribution is 2.49. The van der Waals surface area contributed by atoms with Gasteiger partial charge in [0, 0.05) is 17.5 Å². The minimum atomic E-state index is 0.238. The van der Waals surface area contributed by atoms with Gasteiger partial charge < -0.3 is 24.1 Å². The van der Waals surface area contributed by atoms with Gasteiger partial charge in [0.1, 0.15) is 5.75 Å². The fourth-order valence-corrected chi connectivity index (χ4v) is 2.68. The number of hydrogen-bond acceptors (Lipinski definition) is 5. The number of methoxy groups -OCH3 is 4. The molecule has 2 aromatic rings. The Kier molecular flexibility index (Phi) is 5.21. The van der Waals surface area contributed by atoms with Gasteiger partial charge in [-0.2, -0.15) is 0 Å². The van der Waals surface area contributed by atoms with Crippen LogP contribution in [0.25, 0.3) is 0 Å². The van der Waals surface area contributed by atoms with Gasteiger partial charge >= 0.3 is 0 Å². The van der Waals surface area contributed by atoms with Crippen LogP contribution in [0.3, 0.4) is 0 Å². The second-order valence-electron chi connectivity index (χ2n) is 5.08. The fraction of sp³-hybridized carbons (Fsp3) is 0.333. The largest absolute Gasteiger partial charge is 0.508 e. The Morgan fingerprint density at radius 1 is 0.739 bits per heavy atom. The minimum Gasteiger partial charge on any atom is -0.508 e. The van der Waals surface area contributed by atoms with Crippen molar-refractivity contribution in [3.05, 3.63) is 41.0 Å². The van der Waals surface area contributed by atoms with Crippen LogP contribution in [0.4, 0.5) is 0 Å². The highest BCUT2D eigenvalue weighted by atomic mass is 16.5. The molecule has 5 heteroatoms. The molecule has 0 bridgehead atoms. The second-order valence-corrected chi connectivity index (χ2v) is 5.08. The van der Waals surface area contributed by atoms with E-state index < -0.39 is 0 Å². The standard InChI is InChI=1S/C18H22O5/c1-11-14(10-12-6-8-13(19)9-7-12)16(21-3)18(23-5)17(22-4)15(11)20-2/h6-9,19H,10H2,1-5H3. The molecule has 2 rings (SSSR count). The van der Waals surface area contributed by atoms with Crippen molar-refractivity contribution in [3.63, 3.8) is 0 Å². The lowest BCUT2D eigenvalue weighted by Gasteiger charge is -2.21. The molecule has 0 aliphatic heterocycles. The van der Waals surface area contributed by atoms with Crippen molar-refractivity contribution in [2.24, 2.45) is 0 Å². The van der Waals surface area contributed by atoms with Crippen LogP contribution in [0.2, 0.25) is 0 Å². The molecule has 5 nitrogen and oxygen atoms in total. The third-order valence-electron chi connectivity index (χ3n) is 3.82. The Morgan fingerprint density at radius 2 is 1.22 bits per heavy atom. The van der Waals surface area contributed by atoms with E-state index in [1.165, 1.54) is 0 Å². The number of ether oxygens (including phenoxy) is 4. The lowest BCUT2D eigenvalue weighted by atomic mass is 9.97. The summed E-state index contributed by atoms with van der Waals surface area (Å²) in [6.07, 6.45) is 0.617. The van der Waals surface area contributed by atoms with E-state index in [0.717, 1.165) is 16.7 Å². The molecule has 2 aromatic carbocycles. The molecule has 0 fully saturated rings.